The topological polar surface area (TPSA) is 49.4 Å². The van der Waals surface area contributed by atoms with E-state index in [2.05, 4.69) is 5.32 Å². The maximum atomic E-state index is 13.9. The van der Waals surface area contributed by atoms with Crippen LogP contribution in [0, 0.1) is 23.3 Å². The number of nitrogens with zero attached hydrogens (tertiary/aromatic N) is 1. The van der Waals surface area contributed by atoms with Gasteiger partial charge in [-0.3, -0.25) is 9.59 Å². The van der Waals surface area contributed by atoms with E-state index in [4.69, 9.17) is 0 Å². The molecule has 25 heavy (non-hydrogen) atoms. The van der Waals surface area contributed by atoms with Gasteiger partial charge in [0.25, 0.3) is 5.91 Å². The highest BCUT2D eigenvalue weighted by atomic mass is 19.2. The fourth-order valence-electron chi connectivity index (χ4n) is 2.71. The number of amides is 2. The monoisotopic (exact) mass is 352 g/mol. The van der Waals surface area contributed by atoms with Gasteiger partial charge in [0.05, 0.1) is 5.56 Å². The Kier molecular flexibility index (Phi) is 4.43. The van der Waals surface area contributed by atoms with E-state index in [0.29, 0.717) is 11.6 Å². The van der Waals surface area contributed by atoms with Gasteiger partial charge in [-0.05, 0) is 29.8 Å². The summed E-state index contributed by atoms with van der Waals surface area (Å²) in [5.74, 6) is -6.81. The van der Waals surface area contributed by atoms with Gasteiger partial charge < -0.3 is 10.2 Å². The van der Waals surface area contributed by atoms with E-state index in [0.717, 1.165) is 23.1 Å². The van der Waals surface area contributed by atoms with Crippen LogP contribution in [0.4, 0.5) is 17.6 Å². The average Bonchev–Trinajstić information content (AvgIpc) is 2.60. The number of hydrogen-bond acceptors (Lipinski definition) is 2. The summed E-state index contributed by atoms with van der Waals surface area (Å²) in [6.07, 6.45) is 0. The summed E-state index contributed by atoms with van der Waals surface area (Å²) in [5, 5.41) is 2.56. The number of benzene rings is 2. The molecule has 4 nitrogen and oxygen atoms in total. The van der Waals surface area contributed by atoms with E-state index < -0.39 is 46.7 Å². The first kappa shape index (κ1) is 16.9. The number of nitrogens with one attached hydrogen (secondary N) is 1. The quantitative estimate of drug-likeness (QED) is 0.667. The summed E-state index contributed by atoms with van der Waals surface area (Å²) in [4.78, 5) is 25.9. The molecule has 1 unspecified atom stereocenters. The second-order valence-electron chi connectivity index (χ2n) is 5.47. The molecule has 1 saturated heterocycles. The van der Waals surface area contributed by atoms with Crippen molar-refractivity contribution in [1.82, 2.24) is 10.2 Å². The third-order valence-electron chi connectivity index (χ3n) is 3.92. The molecule has 0 radical (unpaired) electrons. The first-order valence-corrected chi connectivity index (χ1v) is 7.38. The number of carbonyl (C=O) groups is 2. The summed E-state index contributed by atoms with van der Waals surface area (Å²) >= 11 is 0. The molecule has 0 aliphatic carbocycles. The standard InChI is InChI=1S/C17H12F4N2O2/c18-10-3-1-9(2-4-10)15-16(24)22-7-8-23(15)17(25)11-5-6-12(19)14(21)13(11)20/h1-6,15H,7-8H2,(H,22,24). The predicted molar refractivity (Wildman–Crippen MR) is 79.5 cm³/mol. The van der Waals surface area contributed by atoms with Crippen LogP contribution in [0.25, 0.3) is 0 Å². The Hall–Kier alpha value is -2.90. The van der Waals surface area contributed by atoms with Crippen molar-refractivity contribution in [3.05, 3.63) is 70.8 Å². The molecule has 1 N–H and O–H groups in total. The number of carbonyl (C=O) groups excluding carboxylic acids is 2. The Balaban J connectivity index is 2.01. The number of hydrogen-bond donors (Lipinski definition) is 1. The van der Waals surface area contributed by atoms with Crippen molar-refractivity contribution < 1.29 is 27.2 Å². The molecule has 8 heteroatoms. The fourth-order valence-corrected chi connectivity index (χ4v) is 2.71. The lowest BCUT2D eigenvalue weighted by atomic mass is 10.0. The molecule has 1 heterocycles. The molecule has 2 aromatic rings. The molecule has 1 aliphatic rings. The minimum Gasteiger partial charge on any atom is -0.352 e. The molecule has 1 atom stereocenters. The average molecular weight is 352 g/mol. The SMILES string of the molecule is O=C1NCCN(C(=O)c2ccc(F)c(F)c2F)C1c1ccc(F)cc1. The lowest BCUT2D eigenvalue weighted by molar-refractivity contribution is -0.128. The van der Waals surface area contributed by atoms with Gasteiger partial charge in [-0.1, -0.05) is 12.1 Å². The van der Waals surface area contributed by atoms with Gasteiger partial charge in [-0.25, -0.2) is 17.6 Å². The Morgan fingerprint density at radius 2 is 1.68 bits per heavy atom. The first-order valence-electron chi connectivity index (χ1n) is 7.38. The zero-order valence-corrected chi connectivity index (χ0v) is 12.7. The highest BCUT2D eigenvalue weighted by Crippen LogP contribution is 2.27. The van der Waals surface area contributed by atoms with Crippen LogP contribution in [0.1, 0.15) is 22.0 Å². The minimum atomic E-state index is -1.76. The Labute approximate surface area is 140 Å². The van der Waals surface area contributed by atoms with Crippen LogP contribution in [-0.4, -0.2) is 29.8 Å². The molecular formula is C17H12F4N2O2. The smallest absolute Gasteiger partial charge is 0.257 e. The fraction of sp³-hybridized carbons (Fsp3) is 0.176. The number of rotatable bonds is 2. The number of halogens is 4. The van der Waals surface area contributed by atoms with E-state index in [-0.39, 0.29) is 13.1 Å². The van der Waals surface area contributed by atoms with Crippen molar-refractivity contribution in [2.75, 3.05) is 13.1 Å². The van der Waals surface area contributed by atoms with Crippen molar-refractivity contribution in [3.8, 4) is 0 Å². The maximum Gasteiger partial charge on any atom is 0.257 e. The summed E-state index contributed by atoms with van der Waals surface area (Å²) in [6, 6.07) is 5.23. The third-order valence-corrected chi connectivity index (χ3v) is 3.92. The van der Waals surface area contributed by atoms with Crippen LogP contribution in [0.15, 0.2) is 36.4 Å². The molecular weight excluding hydrogens is 340 g/mol. The maximum absolute atomic E-state index is 13.9. The van der Waals surface area contributed by atoms with Crippen LogP contribution >= 0.6 is 0 Å². The molecule has 0 bridgehead atoms. The Morgan fingerprint density at radius 1 is 1.00 bits per heavy atom. The van der Waals surface area contributed by atoms with Crippen LogP contribution in [0.2, 0.25) is 0 Å². The second-order valence-corrected chi connectivity index (χ2v) is 5.47. The molecule has 2 aromatic carbocycles. The van der Waals surface area contributed by atoms with E-state index in [1.54, 1.807) is 0 Å². The van der Waals surface area contributed by atoms with E-state index in [9.17, 15) is 27.2 Å². The molecule has 3 rings (SSSR count). The van der Waals surface area contributed by atoms with Crippen LogP contribution in [-0.2, 0) is 4.79 Å². The Bertz CT molecular complexity index is 839. The van der Waals surface area contributed by atoms with Gasteiger partial charge in [-0.2, -0.15) is 0 Å². The molecule has 1 aliphatic heterocycles. The zero-order valence-electron chi connectivity index (χ0n) is 12.7. The lowest BCUT2D eigenvalue weighted by Crippen LogP contribution is -2.52. The van der Waals surface area contributed by atoms with Crippen LogP contribution in [0.5, 0.6) is 0 Å². The summed E-state index contributed by atoms with van der Waals surface area (Å²) < 4.78 is 53.5. The van der Waals surface area contributed by atoms with E-state index in [1.165, 1.54) is 12.1 Å². The summed E-state index contributed by atoms with van der Waals surface area (Å²) in [5.41, 5.74) is -0.365. The van der Waals surface area contributed by atoms with Gasteiger partial charge in [0.1, 0.15) is 11.9 Å². The summed E-state index contributed by atoms with van der Waals surface area (Å²) in [6.45, 7) is 0.151. The van der Waals surface area contributed by atoms with Gasteiger partial charge in [-0.15, -0.1) is 0 Å². The predicted octanol–water partition coefficient (Wildman–Crippen LogP) is 2.56. The largest absolute Gasteiger partial charge is 0.352 e. The first-order chi connectivity index (χ1) is 11.9. The molecule has 1 fully saturated rings. The van der Waals surface area contributed by atoms with Crippen LogP contribution < -0.4 is 5.32 Å². The van der Waals surface area contributed by atoms with E-state index in [1.807, 2.05) is 0 Å². The van der Waals surface area contributed by atoms with Crippen molar-refractivity contribution in [3.63, 3.8) is 0 Å². The highest BCUT2D eigenvalue weighted by molar-refractivity contribution is 5.98. The van der Waals surface area contributed by atoms with E-state index >= 15 is 0 Å². The van der Waals surface area contributed by atoms with Crippen molar-refractivity contribution in [1.29, 1.82) is 0 Å². The Morgan fingerprint density at radius 3 is 2.36 bits per heavy atom. The van der Waals surface area contributed by atoms with Crippen molar-refractivity contribution in [2.45, 2.75) is 6.04 Å². The molecule has 0 saturated carbocycles. The number of piperazine rings is 1. The van der Waals surface area contributed by atoms with Gasteiger partial charge in [0.2, 0.25) is 5.91 Å². The third kappa shape index (κ3) is 3.07. The normalized spacial score (nSPS) is 17.4. The second kappa shape index (κ2) is 6.54. The highest BCUT2D eigenvalue weighted by Gasteiger charge is 2.36. The zero-order chi connectivity index (χ0) is 18.1. The van der Waals surface area contributed by atoms with Crippen LogP contribution in [0.3, 0.4) is 0 Å². The minimum absolute atomic E-state index is 0.0328. The molecule has 2 amide bonds. The van der Waals surface area contributed by atoms with Crippen molar-refractivity contribution >= 4 is 11.8 Å². The van der Waals surface area contributed by atoms with Gasteiger partial charge >= 0.3 is 0 Å². The van der Waals surface area contributed by atoms with Gasteiger partial charge in [0.15, 0.2) is 17.5 Å². The summed E-state index contributed by atoms with van der Waals surface area (Å²) in [7, 11) is 0. The molecule has 0 spiro atoms. The van der Waals surface area contributed by atoms with Crippen molar-refractivity contribution in [2.24, 2.45) is 0 Å². The molecule has 0 aromatic heterocycles. The van der Waals surface area contributed by atoms with Gasteiger partial charge in [0, 0.05) is 13.1 Å². The lowest BCUT2D eigenvalue weighted by Gasteiger charge is -2.35. The molecule has 130 valence electrons.